The number of aliphatic hydroxyl groups is 1. The molecular formula is C33H47N5O5S. The van der Waals surface area contributed by atoms with E-state index in [1.165, 1.54) is 44.6 Å². The number of aryl methyl sites for hydroxylation is 1. The van der Waals surface area contributed by atoms with Crippen LogP contribution in [0.4, 0.5) is 0 Å². The van der Waals surface area contributed by atoms with Crippen LogP contribution >= 0.6 is 11.3 Å². The van der Waals surface area contributed by atoms with E-state index in [0.29, 0.717) is 47.7 Å². The van der Waals surface area contributed by atoms with Crippen LogP contribution in [0, 0.1) is 6.92 Å². The molecule has 2 fully saturated rings. The van der Waals surface area contributed by atoms with Crippen molar-refractivity contribution < 1.29 is 19.7 Å². The number of fused-ring (bicyclic) bond motifs is 1. The standard InChI is InChI=1S/C33H47N5O5S/c1-24-10-9-11-26(35-24)31(41)38-20-21-43-33(23-38)14-18-37(19-15-33)17-8-6-4-2-3-5-7-16-34-22-28(40)25-12-13-27(39)29-30(25)44-32(42)36-29/h9-13,28,34,39-40H,2-8,14-23H2,1H3,(H,36,42)/t28-/m0/s1. The highest BCUT2D eigenvalue weighted by Crippen LogP contribution is 2.32. The summed E-state index contributed by atoms with van der Waals surface area (Å²) < 4.78 is 6.89. The second-order valence-corrected chi connectivity index (χ2v) is 13.3. The lowest BCUT2D eigenvalue weighted by Gasteiger charge is -2.47. The molecule has 0 saturated carbocycles. The van der Waals surface area contributed by atoms with Gasteiger partial charge in [-0.3, -0.25) is 9.59 Å². The smallest absolute Gasteiger partial charge is 0.305 e. The first-order valence-electron chi connectivity index (χ1n) is 16.2. The molecule has 3 aromatic rings. The minimum absolute atomic E-state index is 0.0129. The van der Waals surface area contributed by atoms with Crippen molar-refractivity contribution in [2.45, 2.75) is 76.4 Å². The maximum absolute atomic E-state index is 13.0. The minimum Gasteiger partial charge on any atom is -0.506 e. The summed E-state index contributed by atoms with van der Waals surface area (Å²) >= 11 is 1.01. The molecule has 1 atom stereocenters. The Hall–Kier alpha value is -2.83. The Morgan fingerprint density at radius 2 is 1.84 bits per heavy atom. The molecule has 4 N–H and O–H groups in total. The largest absolute Gasteiger partial charge is 0.506 e. The van der Waals surface area contributed by atoms with E-state index in [-0.39, 0.29) is 22.1 Å². The van der Waals surface area contributed by atoms with Gasteiger partial charge in [-0.2, -0.15) is 0 Å². The topological polar surface area (TPSA) is 131 Å². The number of unbranched alkanes of at least 4 members (excludes halogenated alkanes) is 6. The molecule has 1 aromatic carbocycles. The monoisotopic (exact) mass is 625 g/mol. The number of aromatic nitrogens is 2. The van der Waals surface area contributed by atoms with Gasteiger partial charge in [0.2, 0.25) is 0 Å². The molecule has 240 valence electrons. The summed E-state index contributed by atoms with van der Waals surface area (Å²) in [6.45, 7) is 8.23. The molecule has 2 aliphatic heterocycles. The number of nitrogens with one attached hydrogen (secondary N) is 2. The number of phenols is 1. The van der Waals surface area contributed by atoms with E-state index in [9.17, 15) is 19.8 Å². The van der Waals surface area contributed by atoms with Crippen molar-refractivity contribution in [2.24, 2.45) is 0 Å². The Bertz CT molecular complexity index is 1430. The zero-order valence-electron chi connectivity index (χ0n) is 25.9. The summed E-state index contributed by atoms with van der Waals surface area (Å²) in [5.74, 6) is 0.0369. The van der Waals surface area contributed by atoms with Gasteiger partial charge in [-0.05, 0) is 63.9 Å². The molecule has 0 radical (unpaired) electrons. The Morgan fingerprint density at radius 1 is 1.09 bits per heavy atom. The van der Waals surface area contributed by atoms with Crippen molar-refractivity contribution in [2.75, 3.05) is 52.4 Å². The second-order valence-electron chi connectivity index (χ2n) is 12.4. The highest BCUT2D eigenvalue weighted by Gasteiger charge is 2.41. The predicted octanol–water partition coefficient (Wildman–Crippen LogP) is 4.36. The fourth-order valence-electron chi connectivity index (χ4n) is 6.45. The van der Waals surface area contributed by atoms with Crippen LogP contribution in [0.2, 0.25) is 0 Å². The van der Waals surface area contributed by atoms with Crippen molar-refractivity contribution in [1.82, 2.24) is 25.1 Å². The van der Waals surface area contributed by atoms with E-state index in [1.54, 1.807) is 12.1 Å². The van der Waals surface area contributed by atoms with Crippen molar-refractivity contribution in [3.8, 4) is 5.75 Å². The Labute approximate surface area is 263 Å². The second kappa shape index (κ2) is 15.4. The Kier molecular flexibility index (Phi) is 11.4. The fourth-order valence-corrected chi connectivity index (χ4v) is 7.37. The van der Waals surface area contributed by atoms with Crippen molar-refractivity contribution >= 4 is 27.5 Å². The number of rotatable bonds is 14. The first-order valence-corrected chi connectivity index (χ1v) is 17.0. The van der Waals surface area contributed by atoms with Gasteiger partial charge in [0.1, 0.15) is 17.0 Å². The average Bonchev–Trinajstić information content (AvgIpc) is 3.42. The predicted molar refractivity (Wildman–Crippen MR) is 173 cm³/mol. The number of aliphatic hydroxyl groups excluding tert-OH is 1. The highest BCUT2D eigenvalue weighted by atomic mass is 32.1. The van der Waals surface area contributed by atoms with Crippen LogP contribution < -0.4 is 10.2 Å². The van der Waals surface area contributed by atoms with E-state index in [2.05, 4.69) is 20.2 Å². The van der Waals surface area contributed by atoms with Crippen LogP contribution in [0.15, 0.2) is 35.1 Å². The molecule has 10 nitrogen and oxygen atoms in total. The molecule has 2 aliphatic rings. The van der Waals surface area contributed by atoms with E-state index < -0.39 is 6.10 Å². The number of hydrogen-bond donors (Lipinski definition) is 4. The van der Waals surface area contributed by atoms with Gasteiger partial charge in [0.15, 0.2) is 0 Å². The number of likely N-dealkylation sites (tertiary alicyclic amines) is 1. The van der Waals surface area contributed by atoms with Crippen LogP contribution in [0.5, 0.6) is 5.75 Å². The number of carbonyl (C=O) groups excluding carboxylic acids is 1. The number of amides is 1. The molecule has 1 amide bonds. The van der Waals surface area contributed by atoms with Crippen LogP contribution in [0.25, 0.3) is 10.2 Å². The lowest BCUT2D eigenvalue weighted by atomic mass is 9.89. The quantitative estimate of drug-likeness (QED) is 0.195. The molecule has 2 saturated heterocycles. The van der Waals surface area contributed by atoms with E-state index in [1.807, 2.05) is 24.0 Å². The molecule has 0 unspecified atom stereocenters. The summed E-state index contributed by atoms with van der Waals surface area (Å²) in [6.07, 6.45) is 9.63. The summed E-state index contributed by atoms with van der Waals surface area (Å²) in [4.78, 5) is 36.0. The third-order valence-corrected chi connectivity index (χ3v) is 9.95. The molecular weight excluding hydrogens is 578 g/mol. The number of nitrogens with zero attached hydrogens (tertiary/aromatic N) is 3. The number of H-pyrrole nitrogens is 1. The first kappa shape index (κ1) is 32.6. The molecule has 11 heteroatoms. The molecule has 5 rings (SSSR count). The minimum atomic E-state index is -0.731. The van der Waals surface area contributed by atoms with Crippen LogP contribution in [0.3, 0.4) is 0 Å². The van der Waals surface area contributed by atoms with Crippen molar-refractivity contribution in [3.05, 3.63) is 57.0 Å². The SMILES string of the molecule is Cc1cccc(C(=O)N2CCOC3(CCN(CCCCCCCCCNC[C@H](O)c4ccc(O)c5[nH]c(=O)sc45)CC3)C2)n1. The lowest BCUT2D eigenvalue weighted by Crippen LogP contribution is -2.58. The maximum atomic E-state index is 13.0. The number of morpholine rings is 1. The number of aromatic hydroxyl groups is 1. The number of piperidine rings is 1. The van der Waals surface area contributed by atoms with Gasteiger partial charge in [-0.25, -0.2) is 4.98 Å². The summed E-state index contributed by atoms with van der Waals surface area (Å²) in [7, 11) is 0. The van der Waals surface area contributed by atoms with Gasteiger partial charge in [-0.15, -0.1) is 0 Å². The van der Waals surface area contributed by atoms with Crippen LogP contribution in [0.1, 0.15) is 85.6 Å². The number of thiazole rings is 1. The lowest BCUT2D eigenvalue weighted by molar-refractivity contribution is -0.127. The van der Waals surface area contributed by atoms with Gasteiger partial charge in [0.05, 0.1) is 29.6 Å². The van der Waals surface area contributed by atoms with Gasteiger partial charge in [-0.1, -0.05) is 55.6 Å². The highest BCUT2D eigenvalue weighted by molar-refractivity contribution is 7.16. The average molecular weight is 626 g/mol. The maximum Gasteiger partial charge on any atom is 0.305 e. The van der Waals surface area contributed by atoms with E-state index in [0.717, 1.165) is 62.5 Å². The Balaban J connectivity index is 0.890. The van der Waals surface area contributed by atoms with Crippen LogP contribution in [-0.4, -0.2) is 93.9 Å². The number of carbonyl (C=O) groups is 1. The third-order valence-electron chi connectivity index (χ3n) is 9.02. The number of phenolic OH excluding ortho intramolecular Hbond substituents is 1. The normalized spacial score (nSPS) is 17.8. The Morgan fingerprint density at radius 3 is 2.61 bits per heavy atom. The third kappa shape index (κ3) is 8.45. The molecule has 1 spiro atoms. The van der Waals surface area contributed by atoms with Gasteiger partial charge in [0.25, 0.3) is 5.91 Å². The molecule has 44 heavy (non-hydrogen) atoms. The van der Waals surface area contributed by atoms with Crippen molar-refractivity contribution in [3.63, 3.8) is 0 Å². The molecule has 0 bridgehead atoms. The van der Waals surface area contributed by atoms with Gasteiger partial charge < -0.3 is 35.1 Å². The number of pyridine rings is 1. The van der Waals surface area contributed by atoms with Crippen LogP contribution in [-0.2, 0) is 4.74 Å². The number of benzene rings is 1. The first-order chi connectivity index (χ1) is 21.3. The van der Waals surface area contributed by atoms with Gasteiger partial charge in [0, 0.05) is 37.4 Å². The summed E-state index contributed by atoms with van der Waals surface area (Å²) in [6, 6.07) is 8.82. The molecule has 4 heterocycles. The molecule has 2 aromatic heterocycles. The van der Waals surface area contributed by atoms with E-state index in [4.69, 9.17) is 4.74 Å². The number of hydrogen-bond acceptors (Lipinski definition) is 9. The summed E-state index contributed by atoms with van der Waals surface area (Å²) in [5, 5.41) is 23.9. The fraction of sp³-hybridized carbons (Fsp3) is 0.606. The zero-order valence-corrected chi connectivity index (χ0v) is 26.7. The molecule has 0 aliphatic carbocycles. The van der Waals surface area contributed by atoms with E-state index >= 15 is 0 Å². The summed E-state index contributed by atoms with van der Waals surface area (Å²) in [5.41, 5.74) is 2.23. The van der Waals surface area contributed by atoms with Crippen molar-refractivity contribution in [1.29, 1.82) is 0 Å². The number of aromatic amines is 1. The zero-order chi connectivity index (χ0) is 30.9. The number of ether oxygens (including phenoxy) is 1. The van der Waals surface area contributed by atoms with Gasteiger partial charge >= 0.3 is 4.87 Å².